The largest absolute Gasteiger partial charge is 0.459 e. The number of carbonyl (C=O) groups excluding carboxylic acids is 1. The van der Waals surface area contributed by atoms with Crippen LogP contribution in [0.1, 0.15) is 17.4 Å². The number of tetrazole rings is 1. The Bertz CT molecular complexity index is 598. The van der Waals surface area contributed by atoms with Crippen LogP contribution < -0.4 is 0 Å². The van der Waals surface area contributed by atoms with E-state index in [4.69, 9.17) is 4.74 Å². The van der Waals surface area contributed by atoms with Gasteiger partial charge in [-0.2, -0.15) is 0 Å². The third kappa shape index (κ3) is 2.39. The number of hydrogen-bond donors (Lipinski definition) is 0. The highest BCUT2D eigenvalue weighted by Crippen LogP contribution is 2.22. The summed E-state index contributed by atoms with van der Waals surface area (Å²) in [7, 11) is 1.87. The quantitative estimate of drug-likeness (QED) is 0.754. The van der Waals surface area contributed by atoms with Crippen molar-refractivity contribution in [2.24, 2.45) is 0 Å². The van der Waals surface area contributed by atoms with Gasteiger partial charge in [0.15, 0.2) is 11.9 Å². The van der Waals surface area contributed by atoms with E-state index in [-0.39, 0.29) is 12.6 Å². The topological polar surface area (TPSA) is 73.1 Å². The lowest BCUT2D eigenvalue weighted by Crippen LogP contribution is -2.40. The van der Waals surface area contributed by atoms with E-state index in [2.05, 4.69) is 15.5 Å². The molecule has 1 aliphatic rings. The monoisotopic (exact) mass is 273 g/mol. The second kappa shape index (κ2) is 5.38. The van der Waals surface area contributed by atoms with Crippen molar-refractivity contribution >= 4 is 5.97 Å². The lowest BCUT2D eigenvalue weighted by molar-refractivity contribution is -0.152. The van der Waals surface area contributed by atoms with Crippen LogP contribution in [-0.2, 0) is 22.7 Å². The average Bonchev–Trinajstić information content (AvgIpc) is 2.94. The van der Waals surface area contributed by atoms with Crippen LogP contribution in [-0.4, -0.2) is 44.7 Å². The summed E-state index contributed by atoms with van der Waals surface area (Å²) in [6, 6.07) is 9.05. The first-order valence-corrected chi connectivity index (χ1v) is 6.42. The molecule has 2 aromatic rings. The molecular formula is C13H15N5O2. The van der Waals surface area contributed by atoms with E-state index in [0.29, 0.717) is 18.9 Å². The summed E-state index contributed by atoms with van der Waals surface area (Å²) in [5.74, 6) is 0.212. The van der Waals surface area contributed by atoms with Crippen molar-refractivity contribution in [3.63, 3.8) is 0 Å². The molecule has 0 bridgehead atoms. The summed E-state index contributed by atoms with van der Waals surface area (Å²) in [5, 5.41) is 11.4. The highest BCUT2D eigenvalue weighted by atomic mass is 16.5. The molecule has 7 nitrogen and oxygen atoms in total. The maximum Gasteiger partial charge on any atom is 0.331 e. The molecule has 1 aromatic heterocycles. The number of fused-ring (bicyclic) bond motifs is 1. The van der Waals surface area contributed by atoms with Crippen LogP contribution in [0.2, 0.25) is 0 Å². The molecule has 0 spiro atoms. The lowest BCUT2D eigenvalue weighted by atomic mass is 10.2. The van der Waals surface area contributed by atoms with Gasteiger partial charge in [0.1, 0.15) is 6.61 Å². The number of likely N-dealkylation sites (N-methyl/N-ethyl adjacent to an activating group) is 1. The van der Waals surface area contributed by atoms with E-state index < -0.39 is 6.04 Å². The Morgan fingerprint density at radius 2 is 2.15 bits per heavy atom. The highest BCUT2D eigenvalue weighted by molar-refractivity contribution is 5.76. The predicted molar refractivity (Wildman–Crippen MR) is 69.4 cm³/mol. The summed E-state index contributed by atoms with van der Waals surface area (Å²) in [6.07, 6.45) is 0. The number of esters is 1. The van der Waals surface area contributed by atoms with Crippen LogP contribution in [0.3, 0.4) is 0 Å². The molecule has 20 heavy (non-hydrogen) atoms. The fourth-order valence-electron chi connectivity index (χ4n) is 2.24. The minimum absolute atomic E-state index is 0.256. The summed E-state index contributed by atoms with van der Waals surface area (Å²) in [5.41, 5.74) is 0.957. The van der Waals surface area contributed by atoms with E-state index in [1.54, 1.807) is 4.68 Å². The van der Waals surface area contributed by atoms with E-state index in [1.165, 1.54) is 0 Å². The Morgan fingerprint density at radius 1 is 1.35 bits per heavy atom. The minimum atomic E-state index is -0.539. The van der Waals surface area contributed by atoms with Crippen molar-refractivity contribution in [3.8, 4) is 0 Å². The Balaban J connectivity index is 1.71. The van der Waals surface area contributed by atoms with Crippen molar-refractivity contribution in [1.29, 1.82) is 0 Å². The third-order valence-electron chi connectivity index (χ3n) is 3.36. The molecule has 0 amide bonds. The summed E-state index contributed by atoms with van der Waals surface area (Å²) in [4.78, 5) is 14.2. The van der Waals surface area contributed by atoms with E-state index in [1.807, 2.05) is 42.3 Å². The minimum Gasteiger partial charge on any atom is -0.459 e. The first-order chi connectivity index (χ1) is 9.75. The van der Waals surface area contributed by atoms with Crippen molar-refractivity contribution in [2.75, 3.05) is 13.6 Å². The number of nitrogens with zero attached hydrogens (tertiary/aromatic N) is 5. The fourth-order valence-corrected chi connectivity index (χ4v) is 2.24. The van der Waals surface area contributed by atoms with Gasteiger partial charge in [0.25, 0.3) is 0 Å². The van der Waals surface area contributed by atoms with Gasteiger partial charge in [-0.15, -0.1) is 5.10 Å². The van der Waals surface area contributed by atoms with Crippen LogP contribution in [0, 0.1) is 0 Å². The lowest BCUT2D eigenvalue weighted by Gasteiger charge is -2.29. The number of carbonyl (C=O) groups is 1. The van der Waals surface area contributed by atoms with Crippen LogP contribution >= 0.6 is 0 Å². The number of rotatable bonds is 3. The van der Waals surface area contributed by atoms with Gasteiger partial charge in [0, 0.05) is 6.54 Å². The number of aromatic nitrogens is 4. The Morgan fingerprint density at radius 3 is 2.95 bits per heavy atom. The highest BCUT2D eigenvalue weighted by Gasteiger charge is 2.35. The Kier molecular flexibility index (Phi) is 3.42. The molecule has 0 fully saturated rings. The summed E-state index contributed by atoms with van der Waals surface area (Å²) in [6.45, 7) is 1.65. The molecule has 104 valence electrons. The standard InChI is InChI=1S/C13H15N5O2/c1-17-7-8-18-12(14-15-16-18)11(17)13(19)20-9-10-5-3-2-4-6-10/h2-6,11H,7-9H2,1H3/t11-/m1/s1. The number of hydrogen-bond acceptors (Lipinski definition) is 6. The zero-order valence-corrected chi connectivity index (χ0v) is 11.1. The van der Waals surface area contributed by atoms with Crippen LogP contribution in [0.25, 0.3) is 0 Å². The zero-order valence-electron chi connectivity index (χ0n) is 11.1. The van der Waals surface area contributed by atoms with Crippen LogP contribution in [0.5, 0.6) is 0 Å². The predicted octanol–water partition coefficient (Wildman–Crippen LogP) is 0.403. The second-order valence-electron chi connectivity index (χ2n) is 4.74. The maximum absolute atomic E-state index is 12.3. The van der Waals surface area contributed by atoms with Crippen molar-refractivity contribution in [3.05, 3.63) is 41.7 Å². The van der Waals surface area contributed by atoms with E-state index in [9.17, 15) is 4.79 Å². The van der Waals surface area contributed by atoms with Gasteiger partial charge in [-0.3, -0.25) is 4.90 Å². The van der Waals surface area contributed by atoms with Crippen LogP contribution in [0.4, 0.5) is 0 Å². The Hall–Kier alpha value is -2.28. The van der Waals surface area contributed by atoms with Gasteiger partial charge in [-0.1, -0.05) is 30.3 Å². The molecule has 0 saturated heterocycles. The van der Waals surface area contributed by atoms with Gasteiger partial charge in [0.2, 0.25) is 0 Å². The molecule has 0 unspecified atom stereocenters. The van der Waals surface area contributed by atoms with Gasteiger partial charge >= 0.3 is 5.97 Å². The molecule has 0 radical (unpaired) electrons. The number of benzene rings is 1. The van der Waals surface area contributed by atoms with E-state index in [0.717, 1.165) is 5.56 Å². The molecule has 0 aliphatic carbocycles. The molecule has 1 aromatic carbocycles. The second-order valence-corrected chi connectivity index (χ2v) is 4.74. The van der Waals surface area contributed by atoms with Gasteiger partial charge in [-0.25, -0.2) is 9.48 Å². The molecule has 3 rings (SSSR count). The smallest absolute Gasteiger partial charge is 0.331 e. The zero-order chi connectivity index (χ0) is 13.9. The molecule has 1 atom stereocenters. The first kappa shape index (κ1) is 12.7. The molecule has 0 N–H and O–H groups in total. The number of ether oxygens (including phenoxy) is 1. The molecule has 0 saturated carbocycles. The molecule has 2 heterocycles. The van der Waals surface area contributed by atoms with E-state index >= 15 is 0 Å². The maximum atomic E-state index is 12.3. The van der Waals surface area contributed by atoms with Crippen molar-refractivity contribution in [2.45, 2.75) is 19.2 Å². The SMILES string of the molecule is CN1CCn2nnnc2[C@@H]1C(=O)OCc1ccccc1. The fraction of sp³-hybridized carbons (Fsp3) is 0.385. The normalized spacial score (nSPS) is 18.6. The van der Waals surface area contributed by atoms with Gasteiger partial charge < -0.3 is 4.74 Å². The summed E-state index contributed by atoms with van der Waals surface area (Å²) >= 11 is 0. The first-order valence-electron chi connectivity index (χ1n) is 6.42. The van der Waals surface area contributed by atoms with Crippen molar-refractivity contribution < 1.29 is 9.53 Å². The molecule has 1 aliphatic heterocycles. The van der Waals surface area contributed by atoms with Gasteiger partial charge in [0.05, 0.1) is 6.54 Å². The Labute approximate surface area is 116 Å². The van der Waals surface area contributed by atoms with Gasteiger partial charge in [-0.05, 0) is 23.0 Å². The molecule has 7 heteroatoms. The summed E-state index contributed by atoms with van der Waals surface area (Å²) < 4.78 is 7.02. The van der Waals surface area contributed by atoms with Crippen molar-refractivity contribution in [1.82, 2.24) is 25.1 Å². The van der Waals surface area contributed by atoms with Crippen LogP contribution in [0.15, 0.2) is 30.3 Å². The average molecular weight is 273 g/mol. The third-order valence-corrected chi connectivity index (χ3v) is 3.36. The molecular weight excluding hydrogens is 258 g/mol.